The number of carbonyl (C=O) groups excluding carboxylic acids is 2. The van der Waals surface area contributed by atoms with E-state index in [0.717, 1.165) is 16.8 Å². The summed E-state index contributed by atoms with van der Waals surface area (Å²) in [7, 11) is 0. The molecular formula is C25H18FN3O2. The molecule has 4 rings (SSSR count). The minimum absolute atomic E-state index is 0.261. The molecule has 0 saturated carbocycles. The summed E-state index contributed by atoms with van der Waals surface area (Å²) in [6.45, 7) is 0.272. The Labute approximate surface area is 178 Å². The van der Waals surface area contributed by atoms with Crippen molar-refractivity contribution in [1.29, 1.82) is 0 Å². The van der Waals surface area contributed by atoms with Gasteiger partial charge in [0.05, 0.1) is 11.3 Å². The SMILES string of the molecule is O=C(NCc1ccnc(-c2cccnc2)c1)c1ccccc1C(=O)c1ccc(F)cc1. The maximum atomic E-state index is 13.2. The van der Waals surface area contributed by atoms with Gasteiger partial charge in [0.15, 0.2) is 5.78 Å². The van der Waals surface area contributed by atoms with Crippen molar-refractivity contribution in [3.8, 4) is 11.3 Å². The molecule has 1 N–H and O–H groups in total. The first-order chi connectivity index (χ1) is 15.1. The Balaban J connectivity index is 1.51. The molecule has 2 aromatic heterocycles. The van der Waals surface area contributed by atoms with Crippen molar-refractivity contribution in [2.45, 2.75) is 6.54 Å². The molecule has 6 heteroatoms. The molecule has 1 amide bonds. The lowest BCUT2D eigenvalue weighted by atomic mass is 9.98. The normalized spacial score (nSPS) is 10.5. The number of nitrogens with one attached hydrogen (secondary N) is 1. The molecule has 0 unspecified atom stereocenters. The molecule has 31 heavy (non-hydrogen) atoms. The first-order valence-electron chi connectivity index (χ1n) is 9.64. The van der Waals surface area contributed by atoms with Crippen LogP contribution >= 0.6 is 0 Å². The van der Waals surface area contributed by atoms with E-state index in [0.29, 0.717) is 5.56 Å². The number of pyridine rings is 2. The number of amides is 1. The standard InChI is InChI=1S/C25H18FN3O2/c26-20-9-7-18(8-10-20)24(30)21-5-1-2-6-22(21)25(31)29-15-17-11-13-28-23(14-17)19-4-3-12-27-16-19/h1-14,16H,15H2,(H,29,31). The van der Waals surface area contributed by atoms with E-state index < -0.39 is 5.82 Å². The van der Waals surface area contributed by atoms with E-state index in [1.165, 1.54) is 24.3 Å². The van der Waals surface area contributed by atoms with E-state index in [-0.39, 0.29) is 29.4 Å². The van der Waals surface area contributed by atoms with Crippen LogP contribution in [0.4, 0.5) is 4.39 Å². The van der Waals surface area contributed by atoms with Crippen molar-refractivity contribution >= 4 is 11.7 Å². The molecule has 0 aliphatic rings. The molecule has 2 heterocycles. The van der Waals surface area contributed by atoms with Crippen molar-refractivity contribution in [3.05, 3.63) is 119 Å². The van der Waals surface area contributed by atoms with Crippen LogP contribution < -0.4 is 5.32 Å². The lowest BCUT2D eigenvalue weighted by molar-refractivity contribution is 0.0939. The Morgan fingerprint density at radius 1 is 0.871 bits per heavy atom. The van der Waals surface area contributed by atoms with Gasteiger partial charge in [-0.05, 0) is 60.2 Å². The molecule has 4 aromatic rings. The van der Waals surface area contributed by atoms with Crippen LogP contribution in [0.3, 0.4) is 0 Å². The number of hydrogen-bond acceptors (Lipinski definition) is 4. The van der Waals surface area contributed by atoms with Gasteiger partial charge in [0.1, 0.15) is 5.82 Å². The second kappa shape index (κ2) is 9.09. The van der Waals surface area contributed by atoms with Crippen LogP contribution in [0.1, 0.15) is 31.8 Å². The highest BCUT2D eigenvalue weighted by atomic mass is 19.1. The largest absolute Gasteiger partial charge is 0.348 e. The summed E-state index contributed by atoms with van der Waals surface area (Å²) < 4.78 is 13.2. The summed E-state index contributed by atoms with van der Waals surface area (Å²) in [4.78, 5) is 34.1. The molecule has 0 aliphatic carbocycles. The van der Waals surface area contributed by atoms with E-state index >= 15 is 0 Å². The molecule has 2 aromatic carbocycles. The average Bonchev–Trinajstić information content (AvgIpc) is 2.83. The van der Waals surface area contributed by atoms with Gasteiger partial charge >= 0.3 is 0 Å². The smallest absolute Gasteiger partial charge is 0.252 e. The monoisotopic (exact) mass is 411 g/mol. The zero-order chi connectivity index (χ0) is 21.6. The average molecular weight is 411 g/mol. The molecule has 0 radical (unpaired) electrons. The highest BCUT2D eigenvalue weighted by Crippen LogP contribution is 2.18. The topological polar surface area (TPSA) is 72.0 Å². The zero-order valence-corrected chi connectivity index (χ0v) is 16.5. The van der Waals surface area contributed by atoms with Crippen molar-refractivity contribution in [2.24, 2.45) is 0 Å². The van der Waals surface area contributed by atoms with Crippen LogP contribution in [-0.4, -0.2) is 21.7 Å². The van der Waals surface area contributed by atoms with Gasteiger partial charge in [-0.1, -0.05) is 18.2 Å². The molecule has 152 valence electrons. The Morgan fingerprint density at radius 2 is 1.65 bits per heavy atom. The summed E-state index contributed by atoms with van der Waals surface area (Å²) in [5, 5.41) is 2.86. The molecule has 0 fully saturated rings. The van der Waals surface area contributed by atoms with E-state index in [1.54, 1.807) is 42.9 Å². The van der Waals surface area contributed by atoms with Crippen molar-refractivity contribution in [2.75, 3.05) is 0 Å². The van der Waals surface area contributed by atoms with Gasteiger partial charge in [0.2, 0.25) is 0 Å². The predicted molar refractivity (Wildman–Crippen MR) is 115 cm³/mol. The van der Waals surface area contributed by atoms with E-state index in [1.807, 2.05) is 24.3 Å². The van der Waals surface area contributed by atoms with Crippen molar-refractivity contribution < 1.29 is 14.0 Å². The second-order valence-electron chi connectivity index (χ2n) is 6.86. The Kier molecular flexibility index (Phi) is 5.89. The first-order valence-corrected chi connectivity index (χ1v) is 9.64. The summed E-state index contributed by atoms with van der Waals surface area (Å²) >= 11 is 0. The molecule has 5 nitrogen and oxygen atoms in total. The van der Waals surface area contributed by atoms with E-state index in [2.05, 4.69) is 15.3 Å². The first kappa shape index (κ1) is 20.1. The fourth-order valence-corrected chi connectivity index (χ4v) is 3.17. The Morgan fingerprint density at radius 3 is 2.39 bits per heavy atom. The summed E-state index contributed by atoms with van der Waals surface area (Å²) in [5.41, 5.74) is 3.34. The molecule has 0 aliphatic heterocycles. The number of rotatable bonds is 6. The van der Waals surface area contributed by atoms with Gasteiger partial charge in [-0.3, -0.25) is 19.6 Å². The van der Waals surface area contributed by atoms with Crippen LogP contribution in [0, 0.1) is 5.82 Å². The Hall–Kier alpha value is -4.19. The summed E-state index contributed by atoms with van der Waals surface area (Å²) in [5.74, 6) is -1.13. The summed E-state index contributed by atoms with van der Waals surface area (Å²) in [6, 6.07) is 19.3. The van der Waals surface area contributed by atoms with Gasteiger partial charge < -0.3 is 5.32 Å². The Bertz CT molecular complexity index is 1220. The van der Waals surface area contributed by atoms with Crippen molar-refractivity contribution in [3.63, 3.8) is 0 Å². The number of nitrogens with zero attached hydrogens (tertiary/aromatic N) is 2. The fourth-order valence-electron chi connectivity index (χ4n) is 3.17. The van der Waals surface area contributed by atoms with Crippen molar-refractivity contribution in [1.82, 2.24) is 15.3 Å². The third kappa shape index (κ3) is 4.70. The maximum Gasteiger partial charge on any atom is 0.252 e. The van der Waals surface area contributed by atoms with E-state index in [4.69, 9.17) is 0 Å². The minimum atomic E-state index is -0.425. The van der Waals surface area contributed by atoms with Gasteiger partial charge in [0.25, 0.3) is 5.91 Å². The van der Waals surface area contributed by atoms with Gasteiger partial charge in [0, 0.05) is 41.8 Å². The third-order valence-electron chi connectivity index (χ3n) is 4.76. The molecule has 0 spiro atoms. The van der Waals surface area contributed by atoms with Gasteiger partial charge in [-0.25, -0.2) is 4.39 Å². The summed E-state index contributed by atoms with van der Waals surface area (Å²) in [6.07, 6.45) is 5.09. The molecule has 0 atom stereocenters. The molecular weight excluding hydrogens is 393 g/mol. The van der Waals surface area contributed by atoms with Crippen LogP contribution in [-0.2, 0) is 6.54 Å². The number of aromatic nitrogens is 2. The third-order valence-corrected chi connectivity index (χ3v) is 4.76. The lowest BCUT2D eigenvalue weighted by Crippen LogP contribution is -2.25. The zero-order valence-electron chi connectivity index (χ0n) is 16.5. The van der Waals surface area contributed by atoms with Crippen LogP contribution in [0.2, 0.25) is 0 Å². The number of ketones is 1. The highest BCUT2D eigenvalue weighted by Gasteiger charge is 2.18. The molecule has 0 saturated heterocycles. The lowest BCUT2D eigenvalue weighted by Gasteiger charge is -2.10. The van der Waals surface area contributed by atoms with Crippen LogP contribution in [0.25, 0.3) is 11.3 Å². The highest BCUT2D eigenvalue weighted by molar-refractivity contribution is 6.15. The minimum Gasteiger partial charge on any atom is -0.348 e. The number of hydrogen-bond donors (Lipinski definition) is 1. The fraction of sp³-hybridized carbons (Fsp3) is 0.0400. The van der Waals surface area contributed by atoms with Crippen LogP contribution in [0.15, 0.2) is 91.4 Å². The van der Waals surface area contributed by atoms with Gasteiger partial charge in [-0.2, -0.15) is 0 Å². The maximum absolute atomic E-state index is 13.2. The number of carbonyl (C=O) groups is 2. The second-order valence-corrected chi connectivity index (χ2v) is 6.86. The van der Waals surface area contributed by atoms with E-state index in [9.17, 15) is 14.0 Å². The number of benzene rings is 2. The number of halogens is 1. The predicted octanol–water partition coefficient (Wildman–Crippen LogP) is 4.44. The van der Waals surface area contributed by atoms with Crippen LogP contribution in [0.5, 0.6) is 0 Å². The quantitative estimate of drug-likeness (QED) is 0.476. The molecule has 0 bridgehead atoms. The van der Waals surface area contributed by atoms with Gasteiger partial charge in [-0.15, -0.1) is 0 Å².